The third kappa shape index (κ3) is 6.20. The van der Waals surface area contributed by atoms with E-state index in [0.717, 1.165) is 5.56 Å². The topological polar surface area (TPSA) is 63.4 Å². The standard InChI is InChI=1S/C17H21FN2O2S.ClH/c18-17-9-4-8-16(12-17)14-23(21,22)20(11-5-10-19)13-15-6-2-1-3-7-15;/h1-4,6-9,12H,5,10-11,13-14,19H2;1H. The van der Waals surface area contributed by atoms with Gasteiger partial charge in [0.15, 0.2) is 0 Å². The summed E-state index contributed by atoms with van der Waals surface area (Å²) in [4.78, 5) is 0. The Morgan fingerprint density at radius 2 is 1.67 bits per heavy atom. The summed E-state index contributed by atoms with van der Waals surface area (Å²) >= 11 is 0. The number of hydrogen-bond donors (Lipinski definition) is 1. The van der Waals surface area contributed by atoms with E-state index in [2.05, 4.69) is 0 Å². The first kappa shape index (κ1) is 20.6. The number of sulfonamides is 1. The summed E-state index contributed by atoms with van der Waals surface area (Å²) in [5.41, 5.74) is 6.86. The lowest BCUT2D eigenvalue weighted by Gasteiger charge is -2.22. The Hall–Kier alpha value is -1.47. The highest BCUT2D eigenvalue weighted by molar-refractivity contribution is 7.88. The van der Waals surface area contributed by atoms with Gasteiger partial charge in [-0.2, -0.15) is 4.31 Å². The highest BCUT2D eigenvalue weighted by atomic mass is 35.5. The fourth-order valence-corrected chi connectivity index (χ4v) is 3.84. The highest BCUT2D eigenvalue weighted by Gasteiger charge is 2.22. The summed E-state index contributed by atoms with van der Waals surface area (Å²) < 4.78 is 40.1. The molecule has 0 aliphatic heterocycles. The van der Waals surface area contributed by atoms with E-state index < -0.39 is 15.8 Å². The van der Waals surface area contributed by atoms with Crippen LogP contribution in [0.15, 0.2) is 54.6 Å². The molecule has 24 heavy (non-hydrogen) atoms. The molecule has 7 heteroatoms. The minimum atomic E-state index is -3.55. The number of nitrogens with two attached hydrogens (primary N) is 1. The number of nitrogens with zero attached hydrogens (tertiary/aromatic N) is 1. The zero-order chi connectivity index (χ0) is 16.7. The molecule has 0 amide bonds. The Morgan fingerprint density at radius 3 is 2.29 bits per heavy atom. The molecule has 0 unspecified atom stereocenters. The lowest BCUT2D eigenvalue weighted by Crippen LogP contribution is -2.33. The van der Waals surface area contributed by atoms with E-state index in [9.17, 15) is 12.8 Å². The summed E-state index contributed by atoms with van der Waals surface area (Å²) in [6, 6.07) is 15.1. The third-order valence-electron chi connectivity index (χ3n) is 3.44. The van der Waals surface area contributed by atoms with Gasteiger partial charge < -0.3 is 5.73 Å². The van der Waals surface area contributed by atoms with E-state index in [-0.39, 0.29) is 18.2 Å². The SMILES string of the molecule is Cl.NCCCN(Cc1ccccc1)S(=O)(=O)Cc1cccc(F)c1. The summed E-state index contributed by atoms with van der Waals surface area (Å²) in [7, 11) is -3.55. The monoisotopic (exact) mass is 372 g/mol. The van der Waals surface area contributed by atoms with Crippen molar-refractivity contribution in [2.75, 3.05) is 13.1 Å². The molecule has 0 radical (unpaired) electrons. The van der Waals surface area contributed by atoms with E-state index in [1.54, 1.807) is 6.07 Å². The smallest absolute Gasteiger partial charge is 0.218 e. The zero-order valence-corrected chi connectivity index (χ0v) is 14.9. The van der Waals surface area contributed by atoms with Crippen LogP contribution < -0.4 is 5.73 Å². The molecule has 0 aromatic heterocycles. The number of benzene rings is 2. The molecule has 0 heterocycles. The van der Waals surface area contributed by atoms with Crippen molar-refractivity contribution in [2.45, 2.75) is 18.7 Å². The van der Waals surface area contributed by atoms with Crippen molar-refractivity contribution in [3.63, 3.8) is 0 Å². The molecule has 0 saturated carbocycles. The summed E-state index contributed by atoms with van der Waals surface area (Å²) in [6.07, 6.45) is 0.579. The van der Waals surface area contributed by atoms with Gasteiger partial charge >= 0.3 is 0 Å². The highest BCUT2D eigenvalue weighted by Crippen LogP contribution is 2.16. The number of rotatable bonds is 8. The predicted molar refractivity (Wildman–Crippen MR) is 96.8 cm³/mol. The minimum absolute atomic E-state index is 0. The van der Waals surface area contributed by atoms with Gasteiger partial charge in [0.05, 0.1) is 5.75 Å². The van der Waals surface area contributed by atoms with Gasteiger partial charge in [-0.05, 0) is 36.2 Å². The second-order valence-electron chi connectivity index (χ2n) is 5.35. The fourth-order valence-electron chi connectivity index (χ4n) is 2.30. The van der Waals surface area contributed by atoms with Crippen LogP contribution in [0.5, 0.6) is 0 Å². The van der Waals surface area contributed by atoms with Crippen molar-refractivity contribution in [3.05, 3.63) is 71.5 Å². The molecule has 2 rings (SSSR count). The van der Waals surface area contributed by atoms with Crippen LogP contribution >= 0.6 is 12.4 Å². The number of halogens is 2. The molecular weight excluding hydrogens is 351 g/mol. The van der Waals surface area contributed by atoms with Crippen molar-refractivity contribution in [2.24, 2.45) is 5.73 Å². The first-order valence-corrected chi connectivity index (χ1v) is 9.08. The molecule has 2 aromatic carbocycles. The quantitative estimate of drug-likeness (QED) is 0.774. The van der Waals surface area contributed by atoms with E-state index in [1.807, 2.05) is 30.3 Å². The maximum absolute atomic E-state index is 13.3. The summed E-state index contributed by atoms with van der Waals surface area (Å²) in [5.74, 6) is -0.656. The van der Waals surface area contributed by atoms with E-state index in [1.165, 1.54) is 22.5 Å². The Bertz CT molecular complexity index is 726. The average Bonchev–Trinajstić information content (AvgIpc) is 2.52. The van der Waals surface area contributed by atoms with Crippen LogP contribution in [0.4, 0.5) is 4.39 Å². The fraction of sp³-hybridized carbons (Fsp3) is 0.294. The second-order valence-corrected chi connectivity index (χ2v) is 7.32. The number of hydrogen-bond acceptors (Lipinski definition) is 3. The van der Waals surface area contributed by atoms with Crippen molar-refractivity contribution in [1.29, 1.82) is 0 Å². The van der Waals surface area contributed by atoms with Crippen LogP contribution in [0.1, 0.15) is 17.5 Å². The summed E-state index contributed by atoms with van der Waals surface area (Å²) in [5, 5.41) is 0. The second kappa shape index (κ2) is 9.74. The van der Waals surface area contributed by atoms with Gasteiger partial charge in [0.25, 0.3) is 0 Å². The molecule has 0 aliphatic carbocycles. The summed E-state index contributed by atoms with van der Waals surface area (Å²) in [6.45, 7) is 1.06. The van der Waals surface area contributed by atoms with E-state index >= 15 is 0 Å². The van der Waals surface area contributed by atoms with Crippen molar-refractivity contribution in [1.82, 2.24) is 4.31 Å². The van der Waals surface area contributed by atoms with Gasteiger partial charge in [-0.15, -0.1) is 12.4 Å². The maximum atomic E-state index is 13.3. The van der Waals surface area contributed by atoms with Gasteiger partial charge in [-0.1, -0.05) is 42.5 Å². The van der Waals surface area contributed by atoms with Crippen LogP contribution in [-0.4, -0.2) is 25.8 Å². The molecule has 0 aliphatic rings. The van der Waals surface area contributed by atoms with Crippen LogP contribution in [0, 0.1) is 5.82 Å². The lowest BCUT2D eigenvalue weighted by atomic mass is 10.2. The zero-order valence-electron chi connectivity index (χ0n) is 13.3. The van der Waals surface area contributed by atoms with E-state index in [0.29, 0.717) is 31.6 Å². The molecule has 0 fully saturated rings. The lowest BCUT2D eigenvalue weighted by molar-refractivity contribution is 0.401. The molecule has 0 saturated heterocycles. The molecule has 0 bridgehead atoms. The first-order valence-electron chi connectivity index (χ1n) is 7.47. The Morgan fingerprint density at radius 1 is 1.00 bits per heavy atom. The third-order valence-corrected chi connectivity index (χ3v) is 5.24. The van der Waals surface area contributed by atoms with Crippen LogP contribution in [0.25, 0.3) is 0 Å². The minimum Gasteiger partial charge on any atom is -0.330 e. The van der Waals surface area contributed by atoms with Crippen LogP contribution in [-0.2, 0) is 22.3 Å². The Kier molecular flexibility index (Phi) is 8.35. The average molecular weight is 373 g/mol. The largest absolute Gasteiger partial charge is 0.330 e. The normalized spacial score (nSPS) is 11.3. The van der Waals surface area contributed by atoms with Gasteiger partial charge in [0, 0.05) is 13.1 Å². The maximum Gasteiger partial charge on any atom is 0.218 e. The predicted octanol–water partition coefficient (Wildman–Crippen LogP) is 2.93. The Labute approximate surface area is 148 Å². The molecule has 4 nitrogen and oxygen atoms in total. The van der Waals surface area contributed by atoms with Crippen LogP contribution in [0.3, 0.4) is 0 Å². The van der Waals surface area contributed by atoms with E-state index in [4.69, 9.17) is 5.73 Å². The van der Waals surface area contributed by atoms with Crippen LogP contribution in [0.2, 0.25) is 0 Å². The van der Waals surface area contributed by atoms with Gasteiger partial charge in [0.2, 0.25) is 10.0 Å². The first-order chi connectivity index (χ1) is 11.0. The van der Waals surface area contributed by atoms with Crippen molar-refractivity contribution < 1.29 is 12.8 Å². The molecule has 2 N–H and O–H groups in total. The molecule has 0 spiro atoms. The Balaban J connectivity index is 0.00000288. The van der Waals surface area contributed by atoms with Crippen molar-refractivity contribution >= 4 is 22.4 Å². The molecular formula is C17H22ClFN2O2S. The molecule has 2 aromatic rings. The molecule has 0 atom stereocenters. The molecule has 132 valence electrons. The van der Waals surface area contributed by atoms with Crippen molar-refractivity contribution in [3.8, 4) is 0 Å². The van der Waals surface area contributed by atoms with Gasteiger partial charge in [0.1, 0.15) is 5.82 Å². The van der Waals surface area contributed by atoms with Gasteiger partial charge in [-0.3, -0.25) is 0 Å². The van der Waals surface area contributed by atoms with Gasteiger partial charge in [-0.25, -0.2) is 12.8 Å².